The number of nitrogens with two attached hydrogens (primary N) is 2. The van der Waals surface area contributed by atoms with Gasteiger partial charge in [0.2, 0.25) is 23.6 Å². The van der Waals surface area contributed by atoms with Gasteiger partial charge in [0.15, 0.2) is 0 Å². The minimum Gasteiger partial charge on any atom is -0.480 e. The minimum atomic E-state index is -1.16. The second-order valence-corrected chi connectivity index (χ2v) is 9.83. The number of carboxylic acids is 1. The van der Waals surface area contributed by atoms with Crippen LogP contribution in [0.4, 0.5) is 0 Å². The Morgan fingerprint density at radius 2 is 1.41 bits per heavy atom. The molecule has 0 spiro atoms. The first-order chi connectivity index (χ1) is 15.8. The molecule has 5 unspecified atom stereocenters. The second kappa shape index (κ2) is 16.3. The second-order valence-electron chi connectivity index (χ2n) is 8.85. The van der Waals surface area contributed by atoms with Crippen molar-refractivity contribution < 1.29 is 29.1 Å². The molecule has 0 aliphatic carbocycles. The van der Waals surface area contributed by atoms with Gasteiger partial charge in [-0.1, -0.05) is 34.1 Å². The third-order valence-corrected chi connectivity index (χ3v) is 6.08. The van der Waals surface area contributed by atoms with E-state index in [2.05, 4.69) is 16.0 Å². The number of thioether (sulfide) groups is 1. The van der Waals surface area contributed by atoms with Gasteiger partial charge in [0.25, 0.3) is 0 Å². The molecule has 8 N–H and O–H groups in total. The van der Waals surface area contributed by atoms with Crippen LogP contribution in [0.5, 0.6) is 0 Å². The quantitative estimate of drug-likeness (QED) is 0.159. The van der Waals surface area contributed by atoms with E-state index in [4.69, 9.17) is 11.5 Å². The summed E-state index contributed by atoms with van der Waals surface area (Å²) < 4.78 is 0. The molecule has 12 heteroatoms. The Morgan fingerprint density at radius 1 is 0.882 bits per heavy atom. The first-order valence-corrected chi connectivity index (χ1v) is 12.9. The van der Waals surface area contributed by atoms with Crippen LogP contribution in [-0.4, -0.2) is 70.9 Å². The van der Waals surface area contributed by atoms with Gasteiger partial charge in [0.05, 0.1) is 6.04 Å². The molecule has 0 heterocycles. The molecule has 5 atom stereocenters. The molecule has 196 valence electrons. The number of carbonyl (C=O) groups is 5. The number of hydrogen-bond acceptors (Lipinski definition) is 7. The fourth-order valence-electron chi connectivity index (χ4n) is 3.08. The van der Waals surface area contributed by atoms with Crippen LogP contribution in [0.25, 0.3) is 0 Å². The molecule has 0 radical (unpaired) electrons. The zero-order valence-corrected chi connectivity index (χ0v) is 21.6. The molecule has 0 saturated heterocycles. The van der Waals surface area contributed by atoms with Gasteiger partial charge in [-0.2, -0.15) is 11.8 Å². The van der Waals surface area contributed by atoms with Crippen molar-refractivity contribution in [3.8, 4) is 0 Å². The van der Waals surface area contributed by atoms with E-state index in [0.717, 1.165) is 0 Å². The summed E-state index contributed by atoms with van der Waals surface area (Å²) in [5, 5.41) is 17.1. The molecular weight excluding hydrogens is 462 g/mol. The Balaban J connectivity index is 5.56. The summed E-state index contributed by atoms with van der Waals surface area (Å²) in [7, 11) is 0. The topological polar surface area (TPSA) is 194 Å². The molecule has 4 amide bonds. The van der Waals surface area contributed by atoms with Gasteiger partial charge >= 0.3 is 5.97 Å². The zero-order valence-electron chi connectivity index (χ0n) is 20.8. The van der Waals surface area contributed by atoms with E-state index in [1.54, 1.807) is 0 Å². The van der Waals surface area contributed by atoms with E-state index >= 15 is 0 Å². The number of amides is 4. The third-order valence-electron chi connectivity index (χ3n) is 5.44. The monoisotopic (exact) mass is 503 g/mol. The predicted octanol–water partition coefficient (Wildman–Crippen LogP) is -0.0365. The van der Waals surface area contributed by atoms with Gasteiger partial charge in [-0.05, 0) is 43.1 Å². The lowest BCUT2D eigenvalue weighted by Crippen LogP contribution is -2.58. The van der Waals surface area contributed by atoms with Crippen LogP contribution in [0.1, 0.15) is 59.8 Å². The highest BCUT2D eigenvalue weighted by atomic mass is 32.2. The van der Waals surface area contributed by atoms with Crippen LogP contribution in [0, 0.1) is 11.8 Å². The molecule has 11 nitrogen and oxygen atoms in total. The zero-order chi connectivity index (χ0) is 26.4. The number of hydrogen-bond donors (Lipinski definition) is 6. The van der Waals surface area contributed by atoms with E-state index in [-0.39, 0.29) is 37.5 Å². The number of carbonyl (C=O) groups excluding carboxylic acids is 4. The molecule has 0 aliphatic rings. The molecule has 0 aliphatic heterocycles. The lowest BCUT2D eigenvalue weighted by Gasteiger charge is -2.26. The van der Waals surface area contributed by atoms with Crippen molar-refractivity contribution in [1.82, 2.24) is 16.0 Å². The maximum atomic E-state index is 13.0. The van der Waals surface area contributed by atoms with Crippen molar-refractivity contribution in [3.63, 3.8) is 0 Å². The Labute approximate surface area is 205 Å². The summed E-state index contributed by atoms with van der Waals surface area (Å²) in [6, 6.07) is -4.11. The van der Waals surface area contributed by atoms with E-state index in [9.17, 15) is 29.1 Å². The lowest BCUT2D eigenvalue weighted by molar-refractivity contribution is -0.142. The minimum absolute atomic E-state index is 0.00279. The summed E-state index contributed by atoms with van der Waals surface area (Å²) in [6.45, 7) is 7.40. The molecular formula is C22H41N5O6S. The lowest BCUT2D eigenvalue weighted by atomic mass is 9.98. The molecule has 0 aromatic rings. The van der Waals surface area contributed by atoms with E-state index < -0.39 is 53.8 Å². The number of primary amides is 1. The van der Waals surface area contributed by atoms with E-state index in [1.807, 2.05) is 34.0 Å². The van der Waals surface area contributed by atoms with Crippen molar-refractivity contribution in [1.29, 1.82) is 0 Å². The number of rotatable bonds is 17. The highest BCUT2D eigenvalue weighted by molar-refractivity contribution is 7.98. The van der Waals surface area contributed by atoms with Gasteiger partial charge in [0.1, 0.15) is 18.1 Å². The van der Waals surface area contributed by atoms with Gasteiger partial charge in [0, 0.05) is 6.42 Å². The molecule has 0 fully saturated rings. The Morgan fingerprint density at radius 3 is 1.88 bits per heavy atom. The van der Waals surface area contributed by atoms with Crippen molar-refractivity contribution in [2.24, 2.45) is 23.3 Å². The van der Waals surface area contributed by atoms with E-state index in [1.165, 1.54) is 11.8 Å². The van der Waals surface area contributed by atoms with Crippen molar-refractivity contribution in [2.75, 3.05) is 12.0 Å². The van der Waals surface area contributed by atoms with Gasteiger partial charge in [-0.25, -0.2) is 4.79 Å². The maximum absolute atomic E-state index is 13.0. The van der Waals surface area contributed by atoms with Crippen LogP contribution in [-0.2, 0) is 24.0 Å². The van der Waals surface area contributed by atoms with Gasteiger partial charge in [-0.3, -0.25) is 19.2 Å². The van der Waals surface area contributed by atoms with Gasteiger partial charge < -0.3 is 32.5 Å². The van der Waals surface area contributed by atoms with Crippen LogP contribution < -0.4 is 27.4 Å². The normalized spacial score (nSPS) is 15.5. The number of aliphatic carboxylic acids is 1. The van der Waals surface area contributed by atoms with E-state index in [0.29, 0.717) is 12.2 Å². The molecule has 0 saturated carbocycles. The fourth-order valence-corrected chi connectivity index (χ4v) is 3.55. The van der Waals surface area contributed by atoms with Crippen LogP contribution in [0.2, 0.25) is 0 Å². The maximum Gasteiger partial charge on any atom is 0.326 e. The van der Waals surface area contributed by atoms with Crippen LogP contribution in [0.15, 0.2) is 0 Å². The van der Waals surface area contributed by atoms with Crippen molar-refractivity contribution in [2.45, 2.75) is 84.0 Å². The van der Waals surface area contributed by atoms with Crippen molar-refractivity contribution >= 4 is 41.4 Å². The first-order valence-electron chi connectivity index (χ1n) is 11.5. The molecule has 0 bridgehead atoms. The third kappa shape index (κ3) is 12.2. The number of carboxylic acid groups (broad SMARTS) is 1. The molecule has 34 heavy (non-hydrogen) atoms. The molecule has 0 aromatic carbocycles. The summed E-state index contributed by atoms with van der Waals surface area (Å²) in [6.07, 6.45) is 2.74. The SMILES string of the molecule is CCC(C)C(N)C(=O)NC(CCC(N)=O)C(=O)NC(CC(C)C)C(=O)NC(CCSC)C(=O)O. The Kier molecular flexibility index (Phi) is 15.2. The fraction of sp³-hybridized carbons (Fsp3) is 0.773. The van der Waals surface area contributed by atoms with Crippen molar-refractivity contribution in [3.05, 3.63) is 0 Å². The predicted molar refractivity (Wildman–Crippen MR) is 132 cm³/mol. The smallest absolute Gasteiger partial charge is 0.326 e. The van der Waals surface area contributed by atoms with Gasteiger partial charge in [-0.15, -0.1) is 0 Å². The molecule has 0 aromatic heterocycles. The Bertz CT molecular complexity index is 705. The van der Waals surface area contributed by atoms with Crippen LogP contribution in [0.3, 0.4) is 0 Å². The summed E-state index contributed by atoms with van der Waals surface area (Å²) >= 11 is 1.45. The highest BCUT2D eigenvalue weighted by Gasteiger charge is 2.31. The largest absolute Gasteiger partial charge is 0.480 e. The standard InChI is InChI=1S/C22H41N5O6S/c1-6-13(4)18(24)21(31)25-14(7-8-17(23)28)19(29)27-16(11-12(2)3)20(30)26-15(22(32)33)9-10-34-5/h12-16,18H,6-11,24H2,1-5H3,(H2,23,28)(H,25,31)(H,26,30)(H,27,29)(H,32,33). The number of nitrogens with one attached hydrogen (secondary N) is 3. The average molecular weight is 504 g/mol. The summed E-state index contributed by atoms with van der Waals surface area (Å²) in [4.78, 5) is 61.2. The Hall–Kier alpha value is -2.34. The highest BCUT2D eigenvalue weighted by Crippen LogP contribution is 2.10. The first kappa shape index (κ1) is 31.7. The molecule has 0 rings (SSSR count). The average Bonchev–Trinajstić information content (AvgIpc) is 2.76. The summed E-state index contributed by atoms with van der Waals surface area (Å²) in [5.41, 5.74) is 11.2. The van der Waals surface area contributed by atoms with Crippen LogP contribution >= 0.6 is 11.8 Å². The summed E-state index contributed by atoms with van der Waals surface area (Å²) in [5.74, 6) is -3.26.